The Kier molecular flexibility index (Phi) is 19.1. The topological polar surface area (TPSA) is 20.2 Å². The van der Waals surface area contributed by atoms with Gasteiger partial charge in [0, 0.05) is 8.54 Å². The molecule has 1 heteroatoms. The van der Waals surface area contributed by atoms with Crippen LogP contribution in [0.5, 0.6) is 0 Å². The van der Waals surface area contributed by atoms with Crippen LogP contribution < -0.4 is 0 Å². The third kappa shape index (κ3) is 20.3. The van der Waals surface area contributed by atoms with Crippen LogP contribution in [0.2, 0.25) is 0 Å². The second-order valence-electron chi connectivity index (χ2n) is 7.50. The summed E-state index contributed by atoms with van der Waals surface area (Å²) in [5.41, 5.74) is 1.20. The lowest BCUT2D eigenvalue weighted by Crippen LogP contribution is -2.20. The predicted octanol–water partition coefficient (Wildman–Crippen LogP) is 7.08. The highest BCUT2D eigenvalue weighted by Crippen LogP contribution is 2.39. The molecule has 0 fully saturated rings. The van der Waals surface area contributed by atoms with Gasteiger partial charge < -0.3 is 5.11 Å². The van der Waals surface area contributed by atoms with Crippen molar-refractivity contribution >= 4 is 0 Å². The SMILES string of the molecule is CC(C)(C)C.CCCC(CCC)(CCC)CCC.CO.[HH]. The van der Waals surface area contributed by atoms with Crippen LogP contribution in [0.1, 0.15) is 108 Å². The van der Waals surface area contributed by atoms with Crippen molar-refractivity contribution in [3.8, 4) is 0 Å². The Morgan fingerprint density at radius 1 is 0.600 bits per heavy atom. The number of rotatable bonds is 8. The van der Waals surface area contributed by atoms with Crippen molar-refractivity contribution in [2.45, 2.75) is 107 Å². The van der Waals surface area contributed by atoms with Crippen molar-refractivity contribution in [3.05, 3.63) is 0 Å². The van der Waals surface area contributed by atoms with Gasteiger partial charge in [0.1, 0.15) is 0 Å². The molecule has 0 aliphatic heterocycles. The summed E-state index contributed by atoms with van der Waals surface area (Å²) >= 11 is 0. The minimum absolute atomic E-state index is 0. The first-order chi connectivity index (χ1) is 9.24. The van der Waals surface area contributed by atoms with E-state index in [1.165, 1.54) is 51.4 Å². The molecular weight excluding hydrogens is 244 g/mol. The van der Waals surface area contributed by atoms with Gasteiger partial charge in [0.05, 0.1) is 0 Å². The van der Waals surface area contributed by atoms with Gasteiger partial charge in [-0.15, -0.1) is 0 Å². The van der Waals surface area contributed by atoms with E-state index in [0.717, 1.165) is 7.11 Å². The Bertz CT molecular complexity index is 137. The highest BCUT2D eigenvalue weighted by Gasteiger charge is 2.25. The van der Waals surface area contributed by atoms with Gasteiger partial charge in [-0.05, 0) is 36.5 Å². The van der Waals surface area contributed by atoms with Crippen molar-refractivity contribution in [1.82, 2.24) is 0 Å². The van der Waals surface area contributed by atoms with Gasteiger partial charge >= 0.3 is 0 Å². The molecule has 0 radical (unpaired) electrons. The van der Waals surface area contributed by atoms with Crippen molar-refractivity contribution < 1.29 is 6.53 Å². The minimum atomic E-state index is 0. The summed E-state index contributed by atoms with van der Waals surface area (Å²) < 4.78 is 0. The highest BCUT2D eigenvalue weighted by molar-refractivity contribution is 4.77. The van der Waals surface area contributed by atoms with Gasteiger partial charge in [-0.2, -0.15) is 0 Å². The molecule has 0 rings (SSSR count). The molecule has 0 aromatic rings. The van der Waals surface area contributed by atoms with Crippen LogP contribution in [0.15, 0.2) is 0 Å². The van der Waals surface area contributed by atoms with E-state index in [9.17, 15) is 0 Å². The Labute approximate surface area is 132 Å². The molecule has 0 aromatic heterocycles. The molecule has 1 nitrogen and oxygen atoms in total. The summed E-state index contributed by atoms with van der Waals surface area (Å²) in [7, 11) is 1.00. The maximum Gasteiger partial charge on any atom is 0.0319 e. The first-order valence-corrected chi connectivity index (χ1v) is 8.69. The molecule has 128 valence electrons. The molecule has 0 saturated carbocycles. The predicted molar refractivity (Wildman–Crippen MR) is 97.5 cm³/mol. The fourth-order valence-corrected chi connectivity index (χ4v) is 2.87. The normalized spacial score (nSPS) is 11.1. The molecule has 0 spiro atoms. The number of hydrogen-bond donors (Lipinski definition) is 1. The van der Waals surface area contributed by atoms with Crippen LogP contribution in [0.3, 0.4) is 0 Å². The van der Waals surface area contributed by atoms with Gasteiger partial charge in [0.25, 0.3) is 0 Å². The molecule has 1 N–H and O–H groups in total. The maximum absolute atomic E-state index is 7.00. The van der Waals surface area contributed by atoms with E-state index in [4.69, 9.17) is 5.11 Å². The molecule has 0 amide bonds. The lowest BCUT2D eigenvalue weighted by Gasteiger charge is -2.33. The Balaban J connectivity index is -0.000000153. The second-order valence-corrected chi connectivity index (χ2v) is 7.50. The van der Waals surface area contributed by atoms with Crippen LogP contribution in [0.25, 0.3) is 0 Å². The molecule has 0 bridgehead atoms. The lowest BCUT2D eigenvalue weighted by molar-refractivity contribution is 0.190. The van der Waals surface area contributed by atoms with E-state index in [1.807, 2.05) is 0 Å². The van der Waals surface area contributed by atoms with Crippen molar-refractivity contribution in [2.24, 2.45) is 10.8 Å². The highest BCUT2D eigenvalue weighted by atomic mass is 16.2. The van der Waals surface area contributed by atoms with Crippen LogP contribution in [0.4, 0.5) is 0 Å². The first kappa shape index (κ1) is 24.9. The van der Waals surface area contributed by atoms with E-state index >= 15 is 0 Å². The molecule has 0 heterocycles. The zero-order chi connectivity index (χ0) is 16.7. The van der Waals surface area contributed by atoms with E-state index in [-0.39, 0.29) is 1.43 Å². The van der Waals surface area contributed by atoms with Crippen molar-refractivity contribution in [1.29, 1.82) is 0 Å². The minimum Gasteiger partial charge on any atom is -0.400 e. The molecule has 0 aliphatic carbocycles. The molecule has 0 aromatic carbocycles. The van der Waals surface area contributed by atoms with Gasteiger partial charge in [-0.3, -0.25) is 0 Å². The smallest absolute Gasteiger partial charge is 0.0319 e. The Hall–Kier alpha value is -0.0400. The zero-order valence-electron chi connectivity index (χ0n) is 16.1. The summed E-state index contributed by atoms with van der Waals surface area (Å²) in [6.45, 7) is 18.1. The molecule has 0 saturated heterocycles. The van der Waals surface area contributed by atoms with Crippen LogP contribution in [-0.2, 0) is 0 Å². The maximum atomic E-state index is 7.00. The second kappa shape index (κ2) is 15.4. The Morgan fingerprint density at radius 2 is 0.750 bits per heavy atom. The lowest BCUT2D eigenvalue weighted by atomic mass is 9.72. The number of hydrogen-bond acceptors (Lipinski definition) is 1. The van der Waals surface area contributed by atoms with Crippen LogP contribution >= 0.6 is 0 Å². The van der Waals surface area contributed by atoms with Gasteiger partial charge in [0.15, 0.2) is 0 Å². The summed E-state index contributed by atoms with van der Waals surface area (Å²) in [5.74, 6) is 0. The molecule has 20 heavy (non-hydrogen) atoms. The molecule has 0 atom stereocenters. The van der Waals surface area contributed by atoms with Gasteiger partial charge in [-0.25, -0.2) is 0 Å². The standard InChI is InChI=1S/C13H28.C5H12.CH4O.H2/c1-5-9-13(10-6-2,11-7-3)12-8-4;1-5(2,3)4;1-2;/h5-12H2,1-4H3;1-4H3;2H,1H3;1H. The third-order valence-corrected chi connectivity index (χ3v) is 3.12. The monoisotopic (exact) mass is 290 g/mol. The quantitative estimate of drug-likeness (QED) is 0.506. The average molecular weight is 291 g/mol. The fraction of sp³-hybridized carbons (Fsp3) is 1.00. The zero-order valence-corrected chi connectivity index (χ0v) is 16.1. The largest absolute Gasteiger partial charge is 0.400 e. The molecule has 0 aliphatic rings. The third-order valence-electron chi connectivity index (χ3n) is 3.12. The number of aliphatic hydroxyl groups excluding tert-OH is 1. The van der Waals surface area contributed by atoms with E-state index < -0.39 is 0 Å². The van der Waals surface area contributed by atoms with Gasteiger partial charge in [0.2, 0.25) is 0 Å². The summed E-state index contributed by atoms with van der Waals surface area (Å²) in [5, 5.41) is 7.00. The molecular formula is C19H46O. The average Bonchev–Trinajstić information content (AvgIpc) is 2.31. The van der Waals surface area contributed by atoms with Crippen molar-refractivity contribution in [2.75, 3.05) is 7.11 Å². The summed E-state index contributed by atoms with van der Waals surface area (Å²) in [6, 6.07) is 0. The Morgan fingerprint density at radius 3 is 0.850 bits per heavy atom. The molecule has 0 unspecified atom stereocenters. The van der Waals surface area contributed by atoms with E-state index in [2.05, 4.69) is 55.4 Å². The summed E-state index contributed by atoms with van der Waals surface area (Å²) in [4.78, 5) is 0. The van der Waals surface area contributed by atoms with Gasteiger partial charge in [-0.1, -0.05) is 81.1 Å². The van der Waals surface area contributed by atoms with Crippen LogP contribution in [0, 0.1) is 10.8 Å². The van der Waals surface area contributed by atoms with E-state index in [0.29, 0.717) is 10.8 Å². The number of aliphatic hydroxyl groups is 1. The summed E-state index contributed by atoms with van der Waals surface area (Å²) in [6.07, 6.45) is 11.2. The van der Waals surface area contributed by atoms with Crippen LogP contribution in [-0.4, -0.2) is 12.2 Å². The first-order valence-electron chi connectivity index (χ1n) is 8.69. The van der Waals surface area contributed by atoms with Crippen molar-refractivity contribution in [3.63, 3.8) is 0 Å². The fourth-order valence-electron chi connectivity index (χ4n) is 2.87. The van der Waals surface area contributed by atoms with E-state index in [1.54, 1.807) is 0 Å².